The van der Waals surface area contributed by atoms with Gasteiger partial charge < -0.3 is 14.9 Å². The number of unbranched alkanes of at least 4 members (excludes halogenated alkanes) is 1. The van der Waals surface area contributed by atoms with Gasteiger partial charge in [-0.3, -0.25) is 4.79 Å². The minimum atomic E-state index is -0.226. The smallest absolute Gasteiger partial charge is 0.306 e. The summed E-state index contributed by atoms with van der Waals surface area (Å²) in [6, 6.07) is 13.7. The maximum absolute atomic E-state index is 12.5. The lowest BCUT2D eigenvalue weighted by atomic mass is 9.88. The maximum atomic E-state index is 12.5. The zero-order valence-electron chi connectivity index (χ0n) is 16.2. The summed E-state index contributed by atoms with van der Waals surface area (Å²) in [5.74, 6) is 0.375. The van der Waals surface area contributed by atoms with Crippen molar-refractivity contribution < 1.29 is 19.7 Å². The van der Waals surface area contributed by atoms with Gasteiger partial charge in [-0.1, -0.05) is 57.4 Å². The van der Waals surface area contributed by atoms with Gasteiger partial charge in [-0.05, 0) is 47.7 Å². The molecule has 1 unspecified atom stereocenters. The number of hydrogen-bond donors (Lipinski definition) is 2. The number of hydrogen-bond acceptors (Lipinski definition) is 4. The van der Waals surface area contributed by atoms with E-state index in [9.17, 15) is 15.0 Å². The number of benzene rings is 2. The van der Waals surface area contributed by atoms with Gasteiger partial charge >= 0.3 is 5.97 Å². The van der Waals surface area contributed by atoms with Crippen LogP contribution >= 0.6 is 0 Å². The van der Waals surface area contributed by atoms with Crippen LogP contribution in [0.1, 0.15) is 63.0 Å². The van der Waals surface area contributed by atoms with Crippen LogP contribution in [0.4, 0.5) is 0 Å². The van der Waals surface area contributed by atoms with E-state index in [1.54, 1.807) is 24.3 Å². The molecular weight excluding hydrogens is 340 g/mol. The topological polar surface area (TPSA) is 66.8 Å². The lowest BCUT2D eigenvalue weighted by Crippen LogP contribution is -2.16. The highest BCUT2D eigenvalue weighted by Crippen LogP contribution is 2.30. The molecular formula is C23H30O4. The van der Waals surface area contributed by atoms with E-state index in [4.69, 9.17) is 4.74 Å². The van der Waals surface area contributed by atoms with Crippen molar-refractivity contribution in [3.8, 4) is 11.5 Å². The lowest BCUT2D eigenvalue weighted by Gasteiger charge is -2.19. The first-order valence-electron chi connectivity index (χ1n) is 9.76. The molecule has 0 saturated heterocycles. The molecule has 0 bridgehead atoms. The minimum Gasteiger partial charge on any atom is -0.508 e. The zero-order chi connectivity index (χ0) is 19.6. The molecule has 0 heterocycles. The van der Waals surface area contributed by atoms with Crippen LogP contribution in [-0.4, -0.2) is 22.8 Å². The second kappa shape index (κ2) is 10.6. The Balaban J connectivity index is 2.08. The van der Waals surface area contributed by atoms with Crippen LogP contribution in [0.3, 0.4) is 0 Å². The van der Waals surface area contributed by atoms with Gasteiger partial charge in [-0.2, -0.15) is 0 Å². The Morgan fingerprint density at radius 3 is 1.89 bits per heavy atom. The number of phenols is 2. The van der Waals surface area contributed by atoms with Gasteiger partial charge in [0.15, 0.2) is 0 Å². The molecule has 0 spiro atoms. The minimum absolute atomic E-state index is 0.186. The average molecular weight is 370 g/mol. The number of carbonyl (C=O) groups excluding carboxylic acids is 1. The van der Waals surface area contributed by atoms with Crippen molar-refractivity contribution in [1.82, 2.24) is 0 Å². The fourth-order valence-corrected chi connectivity index (χ4v) is 3.18. The summed E-state index contributed by atoms with van der Waals surface area (Å²) in [4.78, 5) is 12.5. The molecule has 0 fully saturated rings. The van der Waals surface area contributed by atoms with Crippen LogP contribution in [0.5, 0.6) is 11.5 Å². The number of esters is 1. The van der Waals surface area contributed by atoms with Gasteiger partial charge in [0.1, 0.15) is 11.5 Å². The van der Waals surface area contributed by atoms with E-state index >= 15 is 0 Å². The third-order valence-electron chi connectivity index (χ3n) is 4.99. The van der Waals surface area contributed by atoms with Gasteiger partial charge in [-0.15, -0.1) is 0 Å². The van der Waals surface area contributed by atoms with Gasteiger partial charge in [0.25, 0.3) is 0 Å². The molecule has 0 aliphatic heterocycles. The molecule has 0 aromatic heterocycles. The predicted molar refractivity (Wildman–Crippen MR) is 107 cm³/mol. The molecule has 0 amide bonds. The highest BCUT2D eigenvalue weighted by atomic mass is 16.5. The molecule has 0 aliphatic carbocycles. The number of rotatable bonds is 10. The molecule has 4 heteroatoms. The number of phenolic OH excluding ortho intramolecular Hbond substituents is 2. The molecule has 146 valence electrons. The second-order valence-electron chi connectivity index (χ2n) is 7.04. The van der Waals surface area contributed by atoms with Crippen LogP contribution in [0.25, 0.3) is 0 Å². The molecule has 1 atom stereocenters. The lowest BCUT2D eigenvalue weighted by molar-refractivity contribution is -0.145. The summed E-state index contributed by atoms with van der Waals surface area (Å²) >= 11 is 0. The fourth-order valence-electron chi connectivity index (χ4n) is 3.18. The summed E-state index contributed by atoms with van der Waals surface area (Å²) in [5, 5.41) is 19.1. The first kappa shape index (κ1) is 20.8. The Bertz CT molecular complexity index is 646. The molecule has 2 rings (SSSR count). The van der Waals surface area contributed by atoms with Gasteiger partial charge in [-0.25, -0.2) is 0 Å². The summed E-state index contributed by atoms with van der Waals surface area (Å²) in [7, 11) is 0. The summed E-state index contributed by atoms with van der Waals surface area (Å²) in [6.45, 7) is 4.76. The third kappa shape index (κ3) is 6.63. The number of ether oxygens (including phenoxy) is 1. The van der Waals surface area contributed by atoms with Gasteiger partial charge in [0, 0.05) is 5.92 Å². The van der Waals surface area contributed by atoms with Crippen molar-refractivity contribution in [2.75, 3.05) is 6.61 Å². The quantitative estimate of drug-likeness (QED) is 0.551. The summed E-state index contributed by atoms with van der Waals surface area (Å²) in [6.07, 6.45) is 4.61. The Morgan fingerprint density at radius 2 is 1.44 bits per heavy atom. The van der Waals surface area contributed by atoms with E-state index in [1.165, 1.54) is 0 Å². The van der Waals surface area contributed by atoms with Crippen LogP contribution in [-0.2, 0) is 9.53 Å². The number of carbonyl (C=O) groups is 1. The summed E-state index contributed by atoms with van der Waals surface area (Å²) < 4.78 is 5.58. The monoisotopic (exact) mass is 370 g/mol. The van der Waals surface area contributed by atoms with E-state index in [0.29, 0.717) is 12.5 Å². The van der Waals surface area contributed by atoms with Crippen molar-refractivity contribution in [1.29, 1.82) is 0 Å². The zero-order valence-corrected chi connectivity index (χ0v) is 16.2. The molecule has 0 aliphatic rings. The van der Waals surface area contributed by atoms with E-state index in [2.05, 4.69) is 13.8 Å². The third-order valence-corrected chi connectivity index (χ3v) is 4.99. The van der Waals surface area contributed by atoms with Gasteiger partial charge in [0.05, 0.1) is 13.0 Å². The van der Waals surface area contributed by atoms with Crippen molar-refractivity contribution in [3.05, 3.63) is 59.7 Å². The van der Waals surface area contributed by atoms with E-state index < -0.39 is 0 Å². The SMILES string of the molecule is CCCCC(CC)COC(=O)CC(c1ccc(O)cc1)c1ccc(O)cc1. The average Bonchev–Trinajstić information content (AvgIpc) is 2.68. The predicted octanol–water partition coefficient (Wildman–Crippen LogP) is 5.38. The molecule has 2 aromatic rings. The van der Waals surface area contributed by atoms with Crippen molar-refractivity contribution in [2.45, 2.75) is 51.9 Å². The number of aromatic hydroxyl groups is 2. The molecule has 0 saturated carbocycles. The first-order valence-corrected chi connectivity index (χ1v) is 9.76. The Kier molecular flexibility index (Phi) is 8.18. The van der Waals surface area contributed by atoms with Crippen molar-refractivity contribution >= 4 is 5.97 Å². The highest BCUT2D eigenvalue weighted by Gasteiger charge is 2.20. The van der Waals surface area contributed by atoms with Crippen molar-refractivity contribution in [3.63, 3.8) is 0 Å². The molecule has 4 nitrogen and oxygen atoms in total. The van der Waals surface area contributed by atoms with Crippen molar-refractivity contribution in [2.24, 2.45) is 5.92 Å². The Morgan fingerprint density at radius 1 is 0.926 bits per heavy atom. The van der Waals surface area contributed by atoms with E-state index in [-0.39, 0.29) is 29.8 Å². The highest BCUT2D eigenvalue weighted by molar-refractivity contribution is 5.71. The van der Waals surface area contributed by atoms with Crippen LogP contribution < -0.4 is 0 Å². The Labute approximate surface area is 161 Å². The van der Waals surface area contributed by atoms with E-state index in [1.807, 2.05) is 24.3 Å². The van der Waals surface area contributed by atoms with E-state index in [0.717, 1.165) is 36.8 Å². The molecule has 0 radical (unpaired) electrons. The largest absolute Gasteiger partial charge is 0.508 e. The first-order chi connectivity index (χ1) is 13.0. The fraction of sp³-hybridized carbons (Fsp3) is 0.435. The maximum Gasteiger partial charge on any atom is 0.306 e. The standard InChI is InChI=1S/C23H30O4/c1-3-5-6-17(4-2)16-27-23(26)15-22(18-7-11-20(24)12-8-18)19-9-13-21(25)14-10-19/h7-14,17,22,24-25H,3-6,15-16H2,1-2H3. The second-order valence-corrected chi connectivity index (χ2v) is 7.04. The van der Waals surface area contributed by atoms with Crippen LogP contribution in [0, 0.1) is 5.92 Å². The van der Waals surface area contributed by atoms with Gasteiger partial charge in [0.2, 0.25) is 0 Å². The van der Waals surface area contributed by atoms with Crippen LogP contribution in [0.15, 0.2) is 48.5 Å². The normalized spacial score (nSPS) is 12.1. The summed E-state index contributed by atoms with van der Waals surface area (Å²) in [5.41, 5.74) is 1.85. The molecule has 2 aromatic carbocycles. The Hall–Kier alpha value is -2.49. The molecule has 2 N–H and O–H groups in total. The molecule has 27 heavy (non-hydrogen) atoms. The van der Waals surface area contributed by atoms with Crippen LogP contribution in [0.2, 0.25) is 0 Å².